The lowest BCUT2D eigenvalue weighted by Crippen LogP contribution is -2.26. The molecule has 3 rings (SSSR count). The van der Waals surface area contributed by atoms with E-state index in [1.54, 1.807) is 25.3 Å². The zero-order valence-corrected chi connectivity index (χ0v) is 16.3. The molecule has 1 heterocycles. The highest BCUT2D eigenvalue weighted by Crippen LogP contribution is 2.28. The van der Waals surface area contributed by atoms with Crippen molar-refractivity contribution in [2.75, 3.05) is 13.7 Å². The van der Waals surface area contributed by atoms with Crippen LogP contribution in [0.3, 0.4) is 0 Å². The highest BCUT2D eigenvalue weighted by Gasteiger charge is 2.15. The van der Waals surface area contributed by atoms with Crippen LogP contribution in [0.4, 0.5) is 0 Å². The van der Waals surface area contributed by atoms with Gasteiger partial charge in [-0.15, -0.1) is 0 Å². The molecule has 0 aliphatic carbocycles. The summed E-state index contributed by atoms with van der Waals surface area (Å²) in [6.45, 7) is 6.84. The predicted octanol–water partition coefficient (Wildman–Crippen LogP) is 4.73. The molecule has 136 valence electrons. The van der Waals surface area contributed by atoms with Crippen molar-refractivity contribution in [1.82, 2.24) is 10.3 Å². The standard InChI is InChI=1S/C21H23ClN2O2/c1-12-5-6-13(2)20-19(12)16(14(3)24-20)9-10-23-21(25)17-11-15(22)7-8-18(17)26-4/h5-8,11,24H,9-10H2,1-4H3,(H,23,25). The van der Waals surface area contributed by atoms with Crippen molar-refractivity contribution in [1.29, 1.82) is 0 Å². The molecule has 2 N–H and O–H groups in total. The normalized spacial score (nSPS) is 11.0. The third kappa shape index (κ3) is 3.42. The number of aromatic amines is 1. The van der Waals surface area contributed by atoms with E-state index >= 15 is 0 Å². The Kier molecular flexibility index (Phi) is 5.23. The number of aromatic nitrogens is 1. The number of H-pyrrole nitrogens is 1. The fourth-order valence-corrected chi connectivity index (χ4v) is 3.55. The largest absolute Gasteiger partial charge is 0.496 e. The van der Waals surface area contributed by atoms with E-state index in [9.17, 15) is 4.79 Å². The molecule has 0 spiro atoms. The van der Waals surface area contributed by atoms with Crippen molar-refractivity contribution in [2.45, 2.75) is 27.2 Å². The lowest BCUT2D eigenvalue weighted by molar-refractivity contribution is 0.0951. The number of fused-ring (bicyclic) bond motifs is 1. The lowest BCUT2D eigenvalue weighted by atomic mass is 10.0. The maximum atomic E-state index is 12.5. The maximum absolute atomic E-state index is 12.5. The molecule has 0 atom stereocenters. The molecule has 5 heteroatoms. The first-order valence-electron chi connectivity index (χ1n) is 8.61. The Morgan fingerprint density at radius 2 is 1.88 bits per heavy atom. The van der Waals surface area contributed by atoms with Crippen LogP contribution in [0.15, 0.2) is 30.3 Å². The molecule has 1 aromatic heterocycles. The number of aryl methyl sites for hydroxylation is 3. The van der Waals surface area contributed by atoms with Gasteiger partial charge in [0, 0.05) is 28.2 Å². The van der Waals surface area contributed by atoms with Crippen LogP contribution in [0, 0.1) is 20.8 Å². The van der Waals surface area contributed by atoms with Crippen LogP contribution in [-0.4, -0.2) is 24.5 Å². The highest BCUT2D eigenvalue weighted by atomic mass is 35.5. The number of carbonyl (C=O) groups is 1. The van der Waals surface area contributed by atoms with Gasteiger partial charge in [-0.05, 0) is 62.1 Å². The van der Waals surface area contributed by atoms with Crippen LogP contribution in [0.5, 0.6) is 5.75 Å². The molecule has 0 saturated carbocycles. The average molecular weight is 371 g/mol. The average Bonchev–Trinajstić information content (AvgIpc) is 2.96. The SMILES string of the molecule is COc1ccc(Cl)cc1C(=O)NCCc1c(C)[nH]c2c(C)ccc(C)c12. The summed E-state index contributed by atoms with van der Waals surface area (Å²) < 4.78 is 5.25. The fourth-order valence-electron chi connectivity index (χ4n) is 3.38. The summed E-state index contributed by atoms with van der Waals surface area (Å²) in [5.74, 6) is 0.330. The monoisotopic (exact) mass is 370 g/mol. The van der Waals surface area contributed by atoms with E-state index in [1.807, 2.05) is 0 Å². The Morgan fingerprint density at radius 1 is 1.15 bits per heavy atom. The minimum atomic E-state index is -0.185. The molecule has 2 aromatic carbocycles. The molecule has 0 aliphatic heterocycles. The number of hydrogen-bond donors (Lipinski definition) is 2. The first-order chi connectivity index (χ1) is 12.4. The van der Waals surface area contributed by atoms with Gasteiger partial charge in [-0.25, -0.2) is 0 Å². The Balaban J connectivity index is 1.78. The molecule has 0 saturated heterocycles. The van der Waals surface area contributed by atoms with Gasteiger partial charge in [0.05, 0.1) is 12.7 Å². The second-order valence-electron chi connectivity index (χ2n) is 6.53. The number of nitrogens with one attached hydrogen (secondary N) is 2. The van der Waals surface area contributed by atoms with Gasteiger partial charge in [0.1, 0.15) is 5.75 Å². The number of hydrogen-bond acceptors (Lipinski definition) is 2. The van der Waals surface area contributed by atoms with E-state index in [4.69, 9.17) is 16.3 Å². The molecule has 0 bridgehead atoms. The first kappa shape index (κ1) is 18.3. The number of rotatable bonds is 5. The molecule has 1 amide bonds. The van der Waals surface area contributed by atoms with E-state index in [1.165, 1.54) is 27.6 Å². The number of halogens is 1. The van der Waals surface area contributed by atoms with Gasteiger partial charge < -0.3 is 15.0 Å². The minimum absolute atomic E-state index is 0.185. The molecule has 0 fully saturated rings. The predicted molar refractivity (Wildman–Crippen MR) is 107 cm³/mol. The summed E-state index contributed by atoms with van der Waals surface area (Å²) in [6, 6.07) is 9.30. The van der Waals surface area contributed by atoms with E-state index in [2.05, 4.69) is 43.2 Å². The maximum Gasteiger partial charge on any atom is 0.255 e. The van der Waals surface area contributed by atoms with Crippen LogP contribution < -0.4 is 10.1 Å². The van der Waals surface area contributed by atoms with Gasteiger partial charge in [0.2, 0.25) is 0 Å². The number of ether oxygens (including phenoxy) is 1. The quantitative estimate of drug-likeness (QED) is 0.682. The van der Waals surface area contributed by atoms with Crippen molar-refractivity contribution in [2.24, 2.45) is 0 Å². The molecule has 3 aromatic rings. The van der Waals surface area contributed by atoms with E-state index in [0.717, 1.165) is 12.1 Å². The van der Waals surface area contributed by atoms with Crippen LogP contribution in [-0.2, 0) is 6.42 Å². The first-order valence-corrected chi connectivity index (χ1v) is 8.99. The van der Waals surface area contributed by atoms with Crippen molar-refractivity contribution < 1.29 is 9.53 Å². The molecule has 0 radical (unpaired) electrons. The third-order valence-corrected chi connectivity index (χ3v) is 4.99. The summed E-state index contributed by atoms with van der Waals surface area (Å²) in [7, 11) is 1.54. The molecular formula is C21H23ClN2O2. The van der Waals surface area contributed by atoms with Gasteiger partial charge in [-0.3, -0.25) is 4.79 Å². The summed E-state index contributed by atoms with van der Waals surface area (Å²) in [5.41, 5.74) is 6.50. The van der Waals surface area contributed by atoms with Gasteiger partial charge in [-0.2, -0.15) is 0 Å². The van der Waals surface area contributed by atoms with Crippen molar-refractivity contribution in [3.63, 3.8) is 0 Å². The van der Waals surface area contributed by atoms with Gasteiger partial charge in [0.25, 0.3) is 5.91 Å². The Labute approximate surface area is 158 Å². The number of carbonyl (C=O) groups excluding carboxylic acids is 1. The summed E-state index contributed by atoms with van der Waals surface area (Å²) in [6.07, 6.45) is 0.755. The second kappa shape index (κ2) is 7.42. The van der Waals surface area contributed by atoms with E-state index in [0.29, 0.717) is 22.9 Å². The molecule has 0 unspecified atom stereocenters. The topological polar surface area (TPSA) is 54.1 Å². The van der Waals surface area contributed by atoms with Gasteiger partial charge in [-0.1, -0.05) is 23.7 Å². The Morgan fingerprint density at radius 3 is 2.62 bits per heavy atom. The summed E-state index contributed by atoms with van der Waals surface area (Å²) in [4.78, 5) is 16.0. The van der Waals surface area contributed by atoms with Crippen molar-refractivity contribution in [3.05, 3.63) is 63.3 Å². The van der Waals surface area contributed by atoms with Crippen LogP contribution in [0.2, 0.25) is 5.02 Å². The summed E-state index contributed by atoms with van der Waals surface area (Å²) >= 11 is 6.01. The highest BCUT2D eigenvalue weighted by molar-refractivity contribution is 6.31. The second-order valence-corrected chi connectivity index (χ2v) is 6.96. The zero-order chi connectivity index (χ0) is 18.8. The van der Waals surface area contributed by atoms with Crippen molar-refractivity contribution in [3.8, 4) is 5.75 Å². The molecule has 4 nitrogen and oxygen atoms in total. The zero-order valence-electron chi connectivity index (χ0n) is 15.5. The summed E-state index contributed by atoms with van der Waals surface area (Å²) in [5, 5.41) is 4.74. The minimum Gasteiger partial charge on any atom is -0.496 e. The van der Waals surface area contributed by atoms with E-state index in [-0.39, 0.29) is 5.91 Å². The smallest absolute Gasteiger partial charge is 0.255 e. The Bertz CT molecular complexity index is 976. The molecular weight excluding hydrogens is 348 g/mol. The fraction of sp³-hybridized carbons (Fsp3) is 0.286. The molecule has 0 aliphatic rings. The number of amides is 1. The van der Waals surface area contributed by atoms with Crippen molar-refractivity contribution >= 4 is 28.4 Å². The lowest BCUT2D eigenvalue weighted by Gasteiger charge is -2.10. The third-order valence-electron chi connectivity index (χ3n) is 4.76. The van der Waals surface area contributed by atoms with E-state index < -0.39 is 0 Å². The van der Waals surface area contributed by atoms with Crippen LogP contribution >= 0.6 is 11.6 Å². The number of benzene rings is 2. The Hall–Kier alpha value is -2.46. The van der Waals surface area contributed by atoms with Crippen LogP contribution in [0.25, 0.3) is 10.9 Å². The van der Waals surface area contributed by atoms with Gasteiger partial charge >= 0.3 is 0 Å². The molecule has 26 heavy (non-hydrogen) atoms. The number of methoxy groups -OCH3 is 1. The van der Waals surface area contributed by atoms with Gasteiger partial charge in [0.15, 0.2) is 0 Å². The van der Waals surface area contributed by atoms with Crippen LogP contribution in [0.1, 0.15) is 32.7 Å².